The van der Waals surface area contributed by atoms with Crippen molar-refractivity contribution in [3.05, 3.63) is 69.6 Å². The van der Waals surface area contributed by atoms with Crippen LogP contribution in [0.25, 0.3) is 32.6 Å². The number of aryl methyl sites for hydroxylation is 1. The highest BCUT2D eigenvalue weighted by Gasteiger charge is 2.26. The highest BCUT2D eigenvalue weighted by molar-refractivity contribution is 7.21. The van der Waals surface area contributed by atoms with Crippen LogP contribution >= 0.6 is 22.9 Å². The molecule has 2 aromatic heterocycles. The van der Waals surface area contributed by atoms with Gasteiger partial charge in [-0.3, -0.25) is 4.79 Å². The van der Waals surface area contributed by atoms with Crippen LogP contribution in [0.15, 0.2) is 48.5 Å². The molecule has 2 N–H and O–H groups in total. The van der Waals surface area contributed by atoms with Crippen molar-refractivity contribution in [1.29, 1.82) is 0 Å². The molecule has 28 heavy (non-hydrogen) atoms. The zero-order valence-corrected chi connectivity index (χ0v) is 16.8. The number of fused-ring (bicyclic) bond motifs is 4. The monoisotopic (exact) mass is 404 g/mol. The average molecular weight is 405 g/mol. The first-order valence-corrected chi connectivity index (χ1v) is 10.3. The topological polar surface area (TPSA) is 56.0 Å². The van der Waals surface area contributed by atoms with Crippen LogP contribution < -0.4 is 5.73 Å². The first-order valence-electron chi connectivity index (χ1n) is 9.14. The van der Waals surface area contributed by atoms with E-state index in [0.29, 0.717) is 15.6 Å². The predicted molar refractivity (Wildman–Crippen MR) is 117 cm³/mol. The molecule has 4 aromatic rings. The minimum absolute atomic E-state index is 0.0269. The number of nitrogen functional groups attached to an aromatic ring is 1. The summed E-state index contributed by atoms with van der Waals surface area (Å²) in [6.07, 6.45) is 1.85. The molecule has 2 heterocycles. The Balaban J connectivity index is 1.93. The smallest absolute Gasteiger partial charge is 0.171 e. The van der Waals surface area contributed by atoms with Gasteiger partial charge < -0.3 is 5.73 Å². The highest BCUT2D eigenvalue weighted by Crippen LogP contribution is 2.46. The number of carbonyl (C=O) groups excluding carboxylic acids is 1. The molecule has 0 fully saturated rings. The van der Waals surface area contributed by atoms with Gasteiger partial charge >= 0.3 is 0 Å². The lowest BCUT2D eigenvalue weighted by Gasteiger charge is -2.22. The Kier molecular flexibility index (Phi) is 4.00. The number of aromatic nitrogens is 1. The van der Waals surface area contributed by atoms with Crippen LogP contribution in [-0.2, 0) is 12.8 Å². The molecule has 138 valence electrons. The maximum atomic E-state index is 12.1. The van der Waals surface area contributed by atoms with Gasteiger partial charge in [0, 0.05) is 22.9 Å². The molecule has 0 amide bonds. The van der Waals surface area contributed by atoms with Gasteiger partial charge in [-0.05, 0) is 47.2 Å². The van der Waals surface area contributed by atoms with Crippen LogP contribution in [0.5, 0.6) is 0 Å². The van der Waals surface area contributed by atoms with Gasteiger partial charge in [-0.2, -0.15) is 0 Å². The number of hydrogen-bond donors (Lipinski definition) is 1. The SMILES string of the molecule is CC(=O)c1sc2nc3c(c(-c4ccc(Cl)cc4)c2c1N)CCc1ccccc1-3. The van der Waals surface area contributed by atoms with E-state index in [1.165, 1.54) is 22.5 Å². The molecule has 0 bridgehead atoms. The van der Waals surface area contributed by atoms with E-state index in [4.69, 9.17) is 22.3 Å². The summed E-state index contributed by atoms with van der Waals surface area (Å²) in [7, 11) is 0. The summed E-state index contributed by atoms with van der Waals surface area (Å²) >= 11 is 7.50. The third-order valence-electron chi connectivity index (χ3n) is 5.35. The number of halogens is 1. The molecular formula is C23H17ClN2OS. The quantitative estimate of drug-likeness (QED) is 0.406. The molecule has 0 aliphatic heterocycles. The summed E-state index contributed by atoms with van der Waals surface area (Å²) in [5.41, 5.74) is 13.8. The Bertz CT molecular complexity index is 1260. The zero-order valence-electron chi connectivity index (χ0n) is 15.3. The van der Waals surface area contributed by atoms with Gasteiger partial charge in [0.25, 0.3) is 0 Å². The molecule has 2 aromatic carbocycles. The van der Waals surface area contributed by atoms with Gasteiger partial charge in [-0.15, -0.1) is 11.3 Å². The molecule has 0 unspecified atom stereocenters. The van der Waals surface area contributed by atoms with Crippen molar-refractivity contribution >= 4 is 44.6 Å². The molecule has 0 atom stereocenters. The van der Waals surface area contributed by atoms with Gasteiger partial charge in [0.15, 0.2) is 5.78 Å². The van der Waals surface area contributed by atoms with E-state index in [2.05, 4.69) is 18.2 Å². The lowest BCUT2D eigenvalue weighted by molar-refractivity contribution is 0.102. The Hall–Kier alpha value is -2.69. The second kappa shape index (κ2) is 6.43. The van der Waals surface area contributed by atoms with E-state index in [-0.39, 0.29) is 5.78 Å². The molecule has 1 aliphatic carbocycles. The largest absolute Gasteiger partial charge is 0.397 e. The van der Waals surface area contributed by atoms with Gasteiger partial charge in [0.2, 0.25) is 0 Å². The van der Waals surface area contributed by atoms with Gasteiger partial charge in [0.1, 0.15) is 4.83 Å². The summed E-state index contributed by atoms with van der Waals surface area (Å²) in [6.45, 7) is 1.55. The lowest BCUT2D eigenvalue weighted by Crippen LogP contribution is -2.08. The summed E-state index contributed by atoms with van der Waals surface area (Å²) in [6, 6.07) is 16.2. The Morgan fingerprint density at radius 1 is 1.11 bits per heavy atom. The number of anilines is 1. The van der Waals surface area contributed by atoms with Crippen molar-refractivity contribution in [3.63, 3.8) is 0 Å². The van der Waals surface area contributed by atoms with Crippen LogP contribution in [-0.4, -0.2) is 10.8 Å². The van der Waals surface area contributed by atoms with Crippen LogP contribution in [0.4, 0.5) is 5.69 Å². The molecule has 5 rings (SSSR count). The fourth-order valence-electron chi connectivity index (χ4n) is 4.08. The van der Waals surface area contributed by atoms with E-state index >= 15 is 0 Å². The third-order valence-corrected chi connectivity index (χ3v) is 6.80. The first kappa shape index (κ1) is 17.4. The Labute approximate surface area is 171 Å². The number of carbonyl (C=O) groups is 1. The van der Waals surface area contributed by atoms with Gasteiger partial charge in [0.05, 0.1) is 16.3 Å². The Morgan fingerprint density at radius 2 is 1.86 bits per heavy atom. The highest BCUT2D eigenvalue weighted by atomic mass is 35.5. The molecule has 0 saturated carbocycles. The van der Waals surface area contributed by atoms with E-state index in [0.717, 1.165) is 45.4 Å². The number of hydrogen-bond acceptors (Lipinski definition) is 4. The first-order chi connectivity index (χ1) is 13.5. The molecule has 0 spiro atoms. The second-order valence-corrected chi connectivity index (χ2v) is 8.49. The molecule has 3 nitrogen and oxygen atoms in total. The number of ketones is 1. The maximum Gasteiger partial charge on any atom is 0.171 e. The maximum absolute atomic E-state index is 12.1. The van der Waals surface area contributed by atoms with E-state index in [9.17, 15) is 4.79 Å². The van der Waals surface area contributed by atoms with E-state index < -0.39 is 0 Å². The standard InChI is InChI=1S/C23H17ClN2OS/c1-12(27)22-20(25)19-18(14-6-9-15(24)10-7-14)17-11-8-13-4-2-3-5-16(13)21(17)26-23(19)28-22/h2-7,9-10H,8,11,25H2,1H3. The van der Waals surface area contributed by atoms with Crippen molar-refractivity contribution in [3.8, 4) is 22.4 Å². The number of thiophene rings is 1. The van der Waals surface area contributed by atoms with Crippen molar-refractivity contribution < 1.29 is 4.79 Å². The number of nitrogens with two attached hydrogens (primary N) is 1. The average Bonchev–Trinajstić information content (AvgIpc) is 3.03. The molecular weight excluding hydrogens is 388 g/mol. The van der Waals surface area contributed by atoms with Crippen molar-refractivity contribution in [1.82, 2.24) is 4.98 Å². The number of Topliss-reactive ketones (excluding diaryl/α,β-unsaturated/α-hetero) is 1. The summed E-state index contributed by atoms with van der Waals surface area (Å²) in [5.74, 6) is -0.0269. The minimum Gasteiger partial charge on any atom is -0.397 e. The van der Waals surface area contributed by atoms with Crippen molar-refractivity contribution in [2.75, 3.05) is 5.73 Å². The number of nitrogens with zero attached hydrogens (tertiary/aromatic N) is 1. The zero-order chi connectivity index (χ0) is 19.4. The lowest BCUT2D eigenvalue weighted by atomic mass is 9.84. The predicted octanol–water partition coefficient (Wildman–Crippen LogP) is 6.17. The van der Waals surface area contributed by atoms with Crippen LogP contribution in [0.3, 0.4) is 0 Å². The van der Waals surface area contributed by atoms with Crippen LogP contribution in [0.1, 0.15) is 27.7 Å². The third kappa shape index (κ3) is 2.56. The summed E-state index contributed by atoms with van der Waals surface area (Å²) in [4.78, 5) is 18.5. The number of rotatable bonds is 2. The van der Waals surface area contributed by atoms with Crippen LogP contribution in [0.2, 0.25) is 5.02 Å². The second-order valence-electron chi connectivity index (χ2n) is 7.06. The fraction of sp³-hybridized carbons (Fsp3) is 0.130. The summed E-state index contributed by atoms with van der Waals surface area (Å²) < 4.78 is 0. The Morgan fingerprint density at radius 3 is 2.61 bits per heavy atom. The van der Waals surface area contributed by atoms with E-state index in [1.807, 2.05) is 30.3 Å². The molecule has 1 aliphatic rings. The molecule has 0 saturated heterocycles. The number of pyridine rings is 1. The normalized spacial score (nSPS) is 12.6. The molecule has 5 heteroatoms. The van der Waals surface area contributed by atoms with Crippen molar-refractivity contribution in [2.45, 2.75) is 19.8 Å². The molecule has 0 radical (unpaired) electrons. The van der Waals surface area contributed by atoms with Gasteiger partial charge in [-0.25, -0.2) is 4.98 Å². The minimum atomic E-state index is -0.0269. The van der Waals surface area contributed by atoms with Gasteiger partial charge in [-0.1, -0.05) is 48.0 Å². The van der Waals surface area contributed by atoms with Crippen LogP contribution in [0, 0.1) is 0 Å². The summed E-state index contributed by atoms with van der Waals surface area (Å²) in [5, 5.41) is 1.58. The fourth-order valence-corrected chi connectivity index (χ4v) is 5.21. The number of benzene rings is 2. The van der Waals surface area contributed by atoms with Crippen molar-refractivity contribution in [2.24, 2.45) is 0 Å². The van der Waals surface area contributed by atoms with E-state index in [1.54, 1.807) is 6.92 Å².